The summed E-state index contributed by atoms with van der Waals surface area (Å²) in [4.78, 5) is 38.1. The van der Waals surface area contributed by atoms with Crippen molar-refractivity contribution in [2.45, 2.75) is 335 Å². The van der Waals surface area contributed by atoms with Gasteiger partial charge in [-0.1, -0.05) is 283 Å². The van der Waals surface area contributed by atoms with E-state index >= 15 is 0 Å². The predicted octanol–water partition coefficient (Wildman–Crippen LogP) is 19.9. The molecule has 1 atom stereocenters. The van der Waals surface area contributed by atoms with Crippen LogP contribution in [0.25, 0.3) is 0 Å². The molecule has 0 aliphatic carbocycles. The zero-order chi connectivity index (χ0) is 48.6. The predicted molar refractivity (Wildman–Crippen MR) is 289 cm³/mol. The molecule has 0 radical (unpaired) electrons. The van der Waals surface area contributed by atoms with Gasteiger partial charge in [0.05, 0.1) is 0 Å². The van der Waals surface area contributed by atoms with Crippen molar-refractivity contribution in [2.75, 3.05) is 13.2 Å². The van der Waals surface area contributed by atoms with Crippen molar-refractivity contribution in [1.82, 2.24) is 0 Å². The highest BCUT2D eigenvalue weighted by atomic mass is 16.6. The molecular formula is C61H114O6. The molecule has 0 aliphatic rings. The van der Waals surface area contributed by atoms with E-state index in [2.05, 4.69) is 45.1 Å². The van der Waals surface area contributed by atoms with Crippen LogP contribution in [-0.2, 0) is 28.6 Å². The Labute approximate surface area is 417 Å². The van der Waals surface area contributed by atoms with E-state index in [1.165, 1.54) is 212 Å². The quantitative estimate of drug-likeness (QED) is 0.0262. The molecule has 394 valence electrons. The number of allylic oxidation sites excluding steroid dienone is 4. The van der Waals surface area contributed by atoms with Crippen molar-refractivity contribution in [2.24, 2.45) is 0 Å². The zero-order valence-electron chi connectivity index (χ0n) is 45.2. The second-order valence-corrected chi connectivity index (χ2v) is 20.3. The molecule has 0 spiro atoms. The monoisotopic (exact) mass is 943 g/mol. The molecule has 0 saturated heterocycles. The summed E-state index contributed by atoms with van der Waals surface area (Å²) in [5.41, 5.74) is 0. The van der Waals surface area contributed by atoms with Crippen LogP contribution in [-0.4, -0.2) is 37.2 Å². The van der Waals surface area contributed by atoms with Crippen LogP contribution >= 0.6 is 0 Å². The summed E-state index contributed by atoms with van der Waals surface area (Å²) < 4.78 is 16.9. The number of unbranched alkanes of at least 4 members (excludes halogenated alkanes) is 40. The largest absolute Gasteiger partial charge is 0.462 e. The van der Waals surface area contributed by atoms with Gasteiger partial charge < -0.3 is 14.2 Å². The van der Waals surface area contributed by atoms with E-state index in [1.807, 2.05) is 0 Å². The van der Waals surface area contributed by atoms with E-state index in [1.54, 1.807) is 0 Å². The van der Waals surface area contributed by atoms with Gasteiger partial charge in [-0.2, -0.15) is 0 Å². The third-order valence-corrected chi connectivity index (χ3v) is 13.5. The van der Waals surface area contributed by atoms with Crippen molar-refractivity contribution in [3.8, 4) is 0 Å². The Morgan fingerprint density at radius 1 is 0.299 bits per heavy atom. The molecule has 1 unspecified atom stereocenters. The lowest BCUT2D eigenvalue weighted by Crippen LogP contribution is -2.30. The van der Waals surface area contributed by atoms with E-state index in [0.717, 1.165) is 77.0 Å². The molecule has 0 fully saturated rings. The fourth-order valence-corrected chi connectivity index (χ4v) is 8.95. The molecule has 0 aromatic rings. The number of esters is 3. The molecule has 0 aromatic carbocycles. The molecule has 0 saturated carbocycles. The van der Waals surface area contributed by atoms with Crippen molar-refractivity contribution in [1.29, 1.82) is 0 Å². The van der Waals surface area contributed by atoms with E-state index < -0.39 is 6.10 Å². The van der Waals surface area contributed by atoms with Crippen LogP contribution in [0.3, 0.4) is 0 Å². The maximum atomic E-state index is 12.8. The van der Waals surface area contributed by atoms with Gasteiger partial charge in [-0.05, 0) is 51.4 Å². The van der Waals surface area contributed by atoms with E-state index in [9.17, 15) is 14.4 Å². The summed E-state index contributed by atoms with van der Waals surface area (Å²) in [6.45, 7) is 6.66. The molecule has 0 bridgehead atoms. The maximum Gasteiger partial charge on any atom is 0.306 e. The Balaban J connectivity index is 4.28. The molecule has 0 rings (SSSR count). The van der Waals surface area contributed by atoms with Gasteiger partial charge in [0, 0.05) is 19.3 Å². The summed E-state index contributed by atoms with van der Waals surface area (Å²) in [7, 11) is 0. The summed E-state index contributed by atoms with van der Waals surface area (Å²) in [5.74, 6) is -0.863. The third kappa shape index (κ3) is 54.7. The van der Waals surface area contributed by atoms with Crippen LogP contribution in [0.15, 0.2) is 24.3 Å². The second kappa shape index (κ2) is 56.5. The highest BCUT2D eigenvalue weighted by Gasteiger charge is 2.19. The van der Waals surface area contributed by atoms with Crippen molar-refractivity contribution < 1.29 is 28.6 Å². The summed E-state index contributed by atoms with van der Waals surface area (Å²) in [5, 5.41) is 0. The third-order valence-electron chi connectivity index (χ3n) is 13.5. The number of hydrogen-bond donors (Lipinski definition) is 0. The topological polar surface area (TPSA) is 78.9 Å². The standard InChI is InChI=1S/C61H114O6/c1-4-7-10-13-16-19-22-25-27-28-29-30-31-32-34-36-39-42-45-48-51-54-60(63)66-57-58(56-65-59(62)53-50-47-44-41-38-35-24-21-18-15-12-9-6-3)67-61(64)55-52-49-46-43-40-37-33-26-23-20-17-14-11-8-5-2/h17,20,26,33,58H,4-16,18-19,21-25,27-32,34-57H2,1-3H3/b20-17-,33-26-. The number of rotatable bonds is 55. The minimum absolute atomic E-state index is 0.0714. The fraction of sp³-hybridized carbons (Fsp3) is 0.885. The van der Waals surface area contributed by atoms with E-state index in [-0.39, 0.29) is 31.1 Å². The van der Waals surface area contributed by atoms with Gasteiger partial charge in [0.15, 0.2) is 6.10 Å². The minimum atomic E-state index is -0.773. The maximum absolute atomic E-state index is 12.8. The van der Waals surface area contributed by atoms with Gasteiger partial charge in [0.25, 0.3) is 0 Å². The molecule has 0 aliphatic heterocycles. The Kier molecular flexibility index (Phi) is 54.7. The van der Waals surface area contributed by atoms with Crippen LogP contribution in [0.5, 0.6) is 0 Å². The van der Waals surface area contributed by atoms with Gasteiger partial charge in [-0.3, -0.25) is 14.4 Å². The number of ether oxygens (including phenoxy) is 3. The first-order valence-electron chi connectivity index (χ1n) is 29.8. The molecule has 6 nitrogen and oxygen atoms in total. The lowest BCUT2D eigenvalue weighted by molar-refractivity contribution is -0.167. The SMILES string of the molecule is CCCCC/C=C\C/C=C\CCCCCCCC(=O)OC(COC(=O)CCCCCCCCCCCCCCC)COC(=O)CCCCCCCCCCCCCCCCCCCCCCC. The number of carbonyl (C=O) groups is 3. The van der Waals surface area contributed by atoms with Crippen molar-refractivity contribution in [3.63, 3.8) is 0 Å². The van der Waals surface area contributed by atoms with Gasteiger partial charge >= 0.3 is 17.9 Å². The Hall–Kier alpha value is -2.11. The fourth-order valence-electron chi connectivity index (χ4n) is 8.95. The zero-order valence-corrected chi connectivity index (χ0v) is 45.2. The minimum Gasteiger partial charge on any atom is -0.462 e. The second-order valence-electron chi connectivity index (χ2n) is 20.3. The molecule has 0 amide bonds. The van der Waals surface area contributed by atoms with Gasteiger partial charge in [0.2, 0.25) is 0 Å². The molecule has 0 heterocycles. The Bertz CT molecular complexity index is 1080. The molecule has 6 heteroatoms. The van der Waals surface area contributed by atoms with Gasteiger partial charge in [-0.15, -0.1) is 0 Å². The first kappa shape index (κ1) is 64.9. The summed E-state index contributed by atoms with van der Waals surface area (Å²) in [6.07, 6.45) is 66.0. The smallest absolute Gasteiger partial charge is 0.306 e. The van der Waals surface area contributed by atoms with Gasteiger partial charge in [0.1, 0.15) is 13.2 Å². The van der Waals surface area contributed by atoms with Crippen LogP contribution in [0.2, 0.25) is 0 Å². The van der Waals surface area contributed by atoms with Crippen LogP contribution < -0.4 is 0 Å². The molecule has 67 heavy (non-hydrogen) atoms. The molecular weight excluding hydrogens is 829 g/mol. The Morgan fingerprint density at radius 2 is 0.537 bits per heavy atom. The highest BCUT2D eigenvalue weighted by molar-refractivity contribution is 5.71. The van der Waals surface area contributed by atoms with Crippen LogP contribution in [0.4, 0.5) is 0 Å². The first-order chi connectivity index (χ1) is 33.0. The highest BCUT2D eigenvalue weighted by Crippen LogP contribution is 2.17. The van der Waals surface area contributed by atoms with Gasteiger partial charge in [-0.25, -0.2) is 0 Å². The molecule has 0 aromatic heterocycles. The summed E-state index contributed by atoms with van der Waals surface area (Å²) >= 11 is 0. The van der Waals surface area contributed by atoms with Crippen LogP contribution in [0.1, 0.15) is 329 Å². The average Bonchev–Trinajstić information content (AvgIpc) is 3.33. The van der Waals surface area contributed by atoms with E-state index in [4.69, 9.17) is 14.2 Å². The Morgan fingerprint density at radius 3 is 0.851 bits per heavy atom. The van der Waals surface area contributed by atoms with Crippen LogP contribution in [0, 0.1) is 0 Å². The number of carbonyl (C=O) groups excluding carboxylic acids is 3. The normalized spacial score (nSPS) is 12.1. The van der Waals surface area contributed by atoms with E-state index in [0.29, 0.717) is 19.3 Å². The lowest BCUT2D eigenvalue weighted by Gasteiger charge is -2.18. The van der Waals surface area contributed by atoms with Crippen molar-refractivity contribution >= 4 is 17.9 Å². The number of hydrogen-bond acceptors (Lipinski definition) is 6. The summed E-state index contributed by atoms with van der Waals surface area (Å²) in [6, 6.07) is 0. The lowest BCUT2D eigenvalue weighted by atomic mass is 10.0. The first-order valence-corrected chi connectivity index (χ1v) is 29.8. The van der Waals surface area contributed by atoms with Crippen molar-refractivity contribution in [3.05, 3.63) is 24.3 Å². The average molecular weight is 944 g/mol. The molecule has 0 N–H and O–H groups in total.